The number of rotatable bonds is 8. The van der Waals surface area contributed by atoms with Crippen LogP contribution in [0.4, 0.5) is 0 Å². The Morgan fingerprint density at radius 1 is 1.38 bits per heavy atom. The van der Waals surface area contributed by atoms with E-state index in [1.165, 1.54) is 29.9 Å². The van der Waals surface area contributed by atoms with Gasteiger partial charge in [0, 0.05) is 5.54 Å². The summed E-state index contributed by atoms with van der Waals surface area (Å²) in [6, 6.07) is 4.50. The first-order chi connectivity index (χ1) is 13.6. The van der Waals surface area contributed by atoms with E-state index in [1.807, 2.05) is 20.8 Å². The van der Waals surface area contributed by atoms with Crippen molar-refractivity contribution in [3.05, 3.63) is 34.1 Å². The molecule has 0 spiro atoms. The molecule has 0 saturated carbocycles. The zero-order valence-corrected chi connectivity index (χ0v) is 18.1. The Bertz CT molecular complexity index is 968. The summed E-state index contributed by atoms with van der Waals surface area (Å²) in [7, 11) is 1.28. The molecule has 9 heteroatoms. The maximum atomic E-state index is 12.9. The fourth-order valence-corrected chi connectivity index (χ4v) is 3.42. The minimum atomic E-state index is -0.770. The lowest BCUT2D eigenvalue weighted by Gasteiger charge is -2.24. The molecule has 0 aliphatic carbocycles. The van der Waals surface area contributed by atoms with Crippen molar-refractivity contribution in [2.24, 2.45) is 0 Å². The van der Waals surface area contributed by atoms with Gasteiger partial charge in [0.05, 0.1) is 42.0 Å². The maximum Gasteiger partial charge on any atom is 0.337 e. The summed E-state index contributed by atoms with van der Waals surface area (Å²) in [6.45, 7) is 7.47. The van der Waals surface area contributed by atoms with E-state index in [0.717, 1.165) is 18.2 Å². The normalized spacial score (nSPS) is 12.6. The van der Waals surface area contributed by atoms with Crippen LogP contribution in [0.1, 0.15) is 44.5 Å². The first-order valence-electron chi connectivity index (χ1n) is 9.32. The molecule has 158 valence electrons. The predicted molar refractivity (Wildman–Crippen MR) is 112 cm³/mol. The molecule has 1 atom stereocenters. The van der Waals surface area contributed by atoms with E-state index in [0.29, 0.717) is 16.1 Å². The van der Waals surface area contributed by atoms with E-state index in [9.17, 15) is 19.5 Å². The van der Waals surface area contributed by atoms with Crippen molar-refractivity contribution in [1.29, 1.82) is 0 Å². The van der Waals surface area contributed by atoms with E-state index in [4.69, 9.17) is 4.74 Å². The maximum absolute atomic E-state index is 12.9. The highest BCUT2D eigenvalue weighted by Crippen LogP contribution is 2.20. The zero-order valence-electron chi connectivity index (χ0n) is 17.3. The highest BCUT2D eigenvalue weighted by atomic mass is 32.2. The molecule has 0 radical (unpaired) electrons. The van der Waals surface area contributed by atoms with E-state index < -0.39 is 12.1 Å². The number of nitrogens with zero attached hydrogens (tertiary/aromatic N) is 2. The van der Waals surface area contributed by atoms with Gasteiger partial charge in [0.1, 0.15) is 0 Å². The monoisotopic (exact) mass is 421 g/mol. The molecule has 29 heavy (non-hydrogen) atoms. The summed E-state index contributed by atoms with van der Waals surface area (Å²) in [5.41, 5.74) is -0.0670. The molecule has 0 aliphatic rings. The highest BCUT2D eigenvalue weighted by Gasteiger charge is 2.20. The lowest BCUT2D eigenvalue weighted by atomic mass is 10.0. The summed E-state index contributed by atoms with van der Waals surface area (Å²) in [5, 5.41) is 13.4. The van der Waals surface area contributed by atoms with Crippen molar-refractivity contribution in [1.82, 2.24) is 14.9 Å². The minimum absolute atomic E-state index is 0.0466. The molecule has 2 aromatic rings. The molecular weight excluding hydrogens is 394 g/mol. The van der Waals surface area contributed by atoms with Crippen molar-refractivity contribution < 1.29 is 19.4 Å². The predicted octanol–water partition coefficient (Wildman–Crippen LogP) is 1.96. The largest absolute Gasteiger partial charge is 0.465 e. The summed E-state index contributed by atoms with van der Waals surface area (Å²) in [6.07, 6.45) is 0.00853. The van der Waals surface area contributed by atoms with Crippen molar-refractivity contribution in [2.45, 2.75) is 57.5 Å². The van der Waals surface area contributed by atoms with E-state index in [-0.39, 0.29) is 34.9 Å². The molecule has 0 unspecified atom stereocenters. The molecule has 2 N–H and O–H groups in total. The van der Waals surface area contributed by atoms with Gasteiger partial charge in [-0.05, 0) is 45.4 Å². The van der Waals surface area contributed by atoms with Crippen LogP contribution in [0, 0.1) is 0 Å². The van der Waals surface area contributed by atoms with Gasteiger partial charge < -0.3 is 15.2 Å². The van der Waals surface area contributed by atoms with Gasteiger partial charge in [-0.2, -0.15) is 0 Å². The first-order valence-corrected chi connectivity index (χ1v) is 10.3. The number of hydrogen-bond donors (Lipinski definition) is 2. The quantitative estimate of drug-likeness (QED) is 0.381. The van der Waals surface area contributed by atoms with Crippen LogP contribution in [0.15, 0.2) is 28.2 Å². The van der Waals surface area contributed by atoms with Gasteiger partial charge in [0.25, 0.3) is 5.56 Å². The Labute approximate surface area is 173 Å². The van der Waals surface area contributed by atoms with Crippen LogP contribution in [0.2, 0.25) is 0 Å². The van der Waals surface area contributed by atoms with Crippen LogP contribution in [0.3, 0.4) is 0 Å². The highest BCUT2D eigenvalue weighted by molar-refractivity contribution is 7.99. The number of hydrogen-bond acceptors (Lipinski definition) is 7. The summed E-state index contributed by atoms with van der Waals surface area (Å²) in [5.74, 6) is -0.641. The van der Waals surface area contributed by atoms with Gasteiger partial charge >= 0.3 is 5.97 Å². The van der Waals surface area contributed by atoms with Gasteiger partial charge in [-0.15, -0.1) is 0 Å². The summed E-state index contributed by atoms with van der Waals surface area (Å²) in [4.78, 5) is 41.5. The van der Waals surface area contributed by atoms with Crippen LogP contribution >= 0.6 is 11.8 Å². The number of aliphatic hydroxyl groups excluding tert-OH is 1. The molecular formula is C20H27N3O5S. The average molecular weight is 422 g/mol. The van der Waals surface area contributed by atoms with Crippen LogP contribution in [-0.2, 0) is 16.1 Å². The second-order valence-corrected chi connectivity index (χ2v) is 8.40. The lowest BCUT2D eigenvalue weighted by molar-refractivity contribution is -0.120. The SMILES string of the molecule is CCC(C)(C)NC(=O)CSc1nc2cc(C(=O)OC)ccc2c(=O)n1C[C@@H](C)O. The molecule has 0 bridgehead atoms. The Kier molecular flexibility index (Phi) is 7.43. The molecule has 0 aliphatic heterocycles. The summed E-state index contributed by atoms with van der Waals surface area (Å²) < 4.78 is 6.07. The molecule has 1 heterocycles. The van der Waals surface area contributed by atoms with Gasteiger partial charge in [-0.1, -0.05) is 18.7 Å². The topological polar surface area (TPSA) is 111 Å². The molecule has 1 amide bonds. The second-order valence-electron chi connectivity index (χ2n) is 7.46. The minimum Gasteiger partial charge on any atom is -0.465 e. The number of fused-ring (bicyclic) bond motifs is 1. The third-order valence-corrected chi connectivity index (χ3v) is 5.46. The van der Waals surface area contributed by atoms with Crippen molar-refractivity contribution in [2.75, 3.05) is 12.9 Å². The number of ether oxygens (including phenoxy) is 1. The number of aliphatic hydroxyl groups is 1. The standard InChI is InChI=1S/C20H27N3O5S/c1-6-20(3,4)22-16(25)11-29-19-21-15-9-13(18(27)28-5)7-8-14(15)17(26)23(19)10-12(2)24/h7-9,12,24H,6,10-11H2,1-5H3,(H,22,25)/t12-/m1/s1. The van der Waals surface area contributed by atoms with Gasteiger partial charge in [-0.25, -0.2) is 9.78 Å². The van der Waals surface area contributed by atoms with Crippen LogP contribution < -0.4 is 10.9 Å². The number of thioether (sulfide) groups is 1. The van der Waals surface area contributed by atoms with E-state index in [2.05, 4.69) is 10.3 Å². The number of nitrogens with one attached hydrogen (secondary N) is 1. The fourth-order valence-electron chi connectivity index (χ4n) is 2.61. The number of aromatic nitrogens is 2. The summed E-state index contributed by atoms with van der Waals surface area (Å²) >= 11 is 1.11. The molecule has 2 rings (SSSR count). The molecule has 1 aromatic heterocycles. The van der Waals surface area contributed by atoms with Crippen LogP contribution in [0.5, 0.6) is 0 Å². The second kappa shape index (κ2) is 9.41. The molecule has 8 nitrogen and oxygen atoms in total. The third-order valence-electron chi connectivity index (χ3n) is 4.48. The van der Waals surface area contributed by atoms with Crippen molar-refractivity contribution in [3.63, 3.8) is 0 Å². The zero-order chi connectivity index (χ0) is 21.8. The van der Waals surface area contributed by atoms with E-state index in [1.54, 1.807) is 6.92 Å². The van der Waals surface area contributed by atoms with Crippen LogP contribution in [0.25, 0.3) is 10.9 Å². The Morgan fingerprint density at radius 3 is 2.66 bits per heavy atom. The Balaban J connectivity index is 2.43. The van der Waals surface area contributed by atoms with E-state index >= 15 is 0 Å². The molecule has 1 aromatic carbocycles. The Morgan fingerprint density at radius 2 is 2.07 bits per heavy atom. The van der Waals surface area contributed by atoms with Gasteiger partial charge in [-0.3, -0.25) is 14.2 Å². The molecule has 0 saturated heterocycles. The number of esters is 1. The van der Waals surface area contributed by atoms with Crippen LogP contribution in [-0.4, -0.2) is 51.0 Å². The number of amides is 1. The number of benzene rings is 1. The lowest BCUT2D eigenvalue weighted by Crippen LogP contribution is -2.43. The average Bonchev–Trinajstić information content (AvgIpc) is 2.67. The number of methoxy groups -OCH3 is 1. The Hall–Kier alpha value is -2.39. The number of carbonyl (C=O) groups is 2. The smallest absolute Gasteiger partial charge is 0.337 e. The third kappa shape index (κ3) is 5.80. The first kappa shape index (κ1) is 22.9. The van der Waals surface area contributed by atoms with Gasteiger partial charge in [0.2, 0.25) is 5.91 Å². The van der Waals surface area contributed by atoms with Crippen molar-refractivity contribution >= 4 is 34.5 Å². The van der Waals surface area contributed by atoms with Crippen molar-refractivity contribution in [3.8, 4) is 0 Å². The number of carbonyl (C=O) groups excluding carboxylic acids is 2. The fraction of sp³-hybridized carbons (Fsp3) is 0.500. The molecule has 0 fully saturated rings. The van der Waals surface area contributed by atoms with Gasteiger partial charge in [0.15, 0.2) is 5.16 Å².